The zero-order chi connectivity index (χ0) is 18.0. The number of piperazine rings is 1. The molecule has 0 radical (unpaired) electrons. The molecule has 3 rings (SSSR count). The van der Waals surface area contributed by atoms with Crippen molar-refractivity contribution in [2.45, 2.75) is 51.4 Å². The van der Waals surface area contributed by atoms with Crippen LogP contribution in [0.2, 0.25) is 0 Å². The topological polar surface area (TPSA) is 70.7 Å². The molecule has 0 aliphatic carbocycles. The van der Waals surface area contributed by atoms with Gasteiger partial charge in [-0.2, -0.15) is 0 Å². The van der Waals surface area contributed by atoms with Crippen LogP contribution in [0, 0.1) is 5.92 Å². The molecule has 2 saturated heterocycles. The molecule has 0 saturated carbocycles. The Morgan fingerprint density at radius 2 is 2.00 bits per heavy atom. The summed E-state index contributed by atoms with van der Waals surface area (Å²) in [5, 5.41) is 6.38. The number of carbonyl (C=O) groups excluding carboxylic acids is 2. The lowest BCUT2D eigenvalue weighted by Crippen LogP contribution is -2.61. The first-order chi connectivity index (χ1) is 12.0. The molecule has 6 nitrogen and oxygen atoms in total. The van der Waals surface area contributed by atoms with Crippen LogP contribution in [-0.4, -0.2) is 48.5 Å². The summed E-state index contributed by atoms with van der Waals surface area (Å²) < 4.78 is 5.16. The van der Waals surface area contributed by atoms with Crippen LogP contribution in [0.5, 0.6) is 5.75 Å². The van der Waals surface area contributed by atoms with Crippen LogP contribution < -0.4 is 15.4 Å². The SMILES string of the molecule is COc1ccc(CN[C@H]2C[C@H]3C(=O)N[C@@H](CC(C)C)C(=O)N3C2)cc1. The Morgan fingerprint density at radius 3 is 2.64 bits per heavy atom. The van der Waals surface area contributed by atoms with Crippen molar-refractivity contribution in [3.05, 3.63) is 29.8 Å². The summed E-state index contributed by atoms with van der Waals surface area (Å²) in [4.78, 5) is 26.8. The van der Waals surface area contributed by atoms with Crippen molar-refractivity contribution < 1.29 is 14.3 Å². The van der Waals surface area contributed by atoms with Gasteiger partial charge in [0.25, 0.3) is 0 Å². The van der Waals surface area contributed by atoms with Crippen molar-refractivity contribution in [3.63, 3.8) is 0 Å². The zero-order valence-corrected chi connectivity index (χ0v) is 15.1. The van der Waals surface area contributed by atoms with Crippen molar-refractivity contribution in [3.8, 4) is 5.75 Å². The van der Waals surface area contributed by atoms with Gasteiger partial charge in [-0.3, -0.25) is 9.59 Å². The molecule has 0 bridgehead atoms. The Morgan fingerprint density at radius 1 is 1.28 bits per heavy atom. The first-order valence-corrected chi connectivity index (χ1v) is 8.95. The third-order valence-corrected chi connectivity index (χ3v) is 4.96. The standard InChI is InChI=1S/C19H27N3O3/c1-12(2)8-16-19(24)22-11-14(9-17(22)18(23)21-16)20-10-13-4-6-15(25-3)7-5-13/h4-7,12,14,16-17,20H,8-11H2,1-3H3,(H,21,23)/t14-,16-,17-/m0/s1. The molecule has 2 N–H and O–H groups in total. The average molecular weight is 345 g/mol. The van der Waals surface area contributed by atoms with E-state index in [1.54, 1.807) is 12.0 Å². The number of nitrogens with zero attached hydrogens (tertiary/aromatic N) is 1. The summed E-state index contributed by atoms with van der Waals surface area (Å²) >= 11 is 0. The minimum atomic E-state index is -0.371. The molecule has 1 aromatic carbocycles. The maximum absolute atomic E-state index is 12.6. The van der Waals surface area contributed by atoms with E-state index >= 15 is 0 Å². The smallest absolute Gasteiger partial charge is 0.245 e. The monoisotopic (exact) mass is 345 g/mol. The lowest BCUT2D eigenvalue weighted by atomic mass is 9.99. The predicted octanol–water partition coefficient (Wildman–Crippen LogP) is 1.30. The Labute approximate surface area is 148 Å². The highest BCUT2D eigenvalue weighted by atomic mass is 16.5. The fourth-order valence-electron chi connectivity index (χ4n) is 3.64. The van der Waals surface area contributed by atoms with Gasteiger partial charge in [0.15, 0.2) is 0 Å². The van der Waals surface area contributed by atoms with Gasteiger partial charge < -0.3 is 20.3 Å². The van der Waals surface area contributed by atoms with E-state index in [2.05, 4.69) is 24.5 Å². The molecule has 2 heterocycles. The lowest BCUT2D eigenvalue weighted by Gasteiger charge is -2.35. The average Bonchev–Trinajstić information content (AvgIpc) is 3.03. The van der Waals surface area contributed by atoms with Crippen LogP contribution >= 0.6 is 0 Å². The molecular weight excluding hydrogens is 318 g/mol. The normalized spacial score (nSPS) is 25.9. The Bertz CT molecular complexity index is 629. The van der Waals surface area contributed by atoms with E-state index in [9.17, 15) is 9.59 Å². The van der Waals surface area contributed by atoms with Crippen LogP contribution in [0.4, 0.5) is 0 Å². The summed E-state index contributed by atoms with van der Waals surface area (Å²) in [6.07, 6.45) is 1.36. The van der Waals surface area contributed by atoms with Gasteiger partial charge in [-0.25, -0.2) is 0 Å². The third kappa shape index (κ3) is 3.95. The summed E-state index contributed by atoms with van der Waals surface area (Å²) in [6.45, 7) is 5.44. The molecule has 136 valence electrons. The highest BCUT2D eigenvalue weighted by molar-refractivity contribution is 5.97. The van der Waals surface area contributed by atoms with Crippen molar-refractivity contribution >= 4 is 11.8 Å². The molecule has 6 heteroatoms. The summed E-state index contributed by atoms with van der Waals surface area (Å²) in [7, 11) is 1.65. The summed E-state index contributed by atoms with van der Waals surface area (Å²) in [5.74, 6) is 1.25. The molecule has 3 atom stereocenters. The highest BCUT2D eigenvalue weighted by Gasteiger charge is 2.46. The second-order valence-electron chi connectivity index (χ2n) is 7.36. The second-order valence-corrected chi connectivity index (χ2v) is 7.36. The van der Waals surface area contributed by atoms with Gasteiger partial charge in [0.2, 0.25) is 11.8 Å². The van der Waals surface area contributed by atoms with E-state index < -0.39 is 0 Å². The van der Waals surface area contributed by atoms with E-state index in [0.717, 1.165) is 11.3 Å². The molecular formula is C19H27N3O3. The number of ether oxygens (including phenoxy) is 1. The van der Waals surface area contributed by atoms with Gasteiger partial charge in [0.1, 0.15) is 17.8 Å². The molecule has 2 amide bonds. The lowest BCUT2D eigenvalue weighted by molar-refractivity contribution is -0.147. The van der Waals surface area contributed by atoms with Gasteiger partial charge in [0.05, 0.1) is 7.11 Å². The summed E-state index contributed by atoms with van der Waals surface area (Å²) in [5.41, 5.74) is 1.15. The molecule has 0 aromatic heterocycles. The second kappa shape index (κ2) is 7.44. The van der Waals surface area contributed by atoms with Crippen molar-refractivity contribution in [2.24, 2.45) is 5.92 Å². The van der Waals surface area contributed by atoms with Gasteiger partial charge in [0, 0.05) is 19.1 Å². The van der Waals surface area contributed by atoms with E-state index in [-0.39, 0.29) is 29.9 Å². The first kappa shape index (κ1) is 17.7. The fourth-order valence-corrected chi connectivity index (χ4v) is 3.64. The number of rotatable bonds is 6. The molecule has 0 spiro atoms. The molecule has 2 aliphatic rings. The van der Waals surface area contributed by atoms with Crippen molar-refractivity contribution in [1.82, 2.24) is 15.5 Å². The van der Waals surface area contributed by atoms with Crippen LogP contribution in [0.15, 0.2) is 24.3 Å². The van der Waals surface area contributed by atoms with Gasteiger partial charge in [-0.05, 0) is 36.5 Å². The number of hydrogen-bond acceptors (Lipinski definition) is 4. The van der Waals surface area contributed by atoms with Crippen LogP contribution in [-0.2, 0) is 16.1 Å². The van der Waals surface area contributed by atoms with E-state index in [1.165, 1.54) is 0 Å². The molecule has 2 aliphatic heterocycles. The number of benzene rings is 1. The van der Waals surface area contributed by atoms with Crippen molar-refractivity contribution in [2.75, 3.05) is 13.7 Å². The van der Waals surface area contributed by atoms with E-state index in [1.807, 2.05) is 24.3 Å². The van der Waals surface area contributed by atoms with Gasteiger partial charge in [-0.15, -0.1) is 0 Å². The largest absolute Gasteiger partial charge is 0.497 e. The first-order valence-electron chi connectivity index (χ1n) is 8.95. The Kier molecular flexibility index (Phi) is 5.27. The van der Waals surface area contributed by atoms with E-state index in [4.69, 9.17) is 4.74 Å². The molecule has 2 fully saturated rings. The number of methoxy groups -OCH3 is 1. The molecule has 25 heavy (non-hydrogen) atoms. The van der Waals surface area contributed by atoms with Crippen LogP contribution in [0.1, 0.15) is 32.3 Å². The Balaban J connectivity index is 1.58. The maximum Gasteiger partial charge on any atom is 0.245 e. The third-order valence-electron chi connectivity index (χ3n) is 4.96. The zero-order valence-electron chi connectivity index (χ0n) is 15.1. The highest BCUT2D eigenvalue weighted by Crippen LogP contribution is 2.25. The maximum atomic E-state index is 12.6. The summed E-state index contributed by atoms with van der Waals surface area (Å²) in [6, 6.07) is 7.34. The van der Waals surface area contributed by atoms with Crippen LogP contribution in [0.3, 0.4) is 0 Å². The van der Waals surface area contributed by atoms with Gasteiger partial charge in [-0.1, -0.05) is 26.0 Å². The van der Waals surface area contributed by atoms with Gasteiger partial charge >= 0.3 is 0 Å². The van der Waals surface area contributed by atoms with E-state index in [0.29, 0.717) is 31.8 Å². The molecule has 0 unspecified atom stereocenters. The number of nitrogens with one attached hydrogen (secondary N) is 2. The minimum Gasteiger partial charge on any atom is -0.497 e. The number of amides is 2. The predicted molar refractivity (Wildman–Crippen MR) is 95.1 cm³/mol. The molecule has 1 aromatic rings. The quantitative estimate of drug-likeness (QED) is 0.815. The Hall–Kier alpha value is -2.08. The minimum absolute atomic E-state index is 0.0148. The fraction of sp³-hybridized carbons (Fsp3) is 0.579. The number of hydrogen-bond donors (Lipinski definition) is 2. The number of fused-ring (bicyclic) bond motifs is 1. The number of carbonyl (C=O) groups is 2. The van der Waals surface area contributed by atoms with Crippen molar-refractivity contribution in [1.29, 1.82) is 0 Å². The van der Waals surface area contributed by atoms with Crippen LogP contribution in [0.25, 0.3) is 0 Å².